The fraction of sp³-hybridized carbons (Fsp3) is 0.500. The molecule has 0 aromatic carbocycles. The van der Waals surface area contributed by atoms with E-state index in [4.69, 9.17) is 4.42 Å². The molecular weight excluding hydrogens is 139 g/mol. The quantitative estimate of drug-likeness (QED) is 0.604. The summed E-state index contributed by atoms with van der Waals surface area (Å²) in [6.45, 7) is 4.51. The first-order chi connectivity index (χ1) is 4.88. The highest BCUT2D eigenvalue weighted by Gasteiger charge is 2.17. The topological polar surface area (TPSA) is 13.1 Å². The lowest BCUT2D eigenvalue weighted by molar-refractivity contribution is 0.598. The van der Waals surface area contributed by atoms with Crippen LogP contribution in [0.4, 0.5) is 0 Å². The van der Waals surface area contributed by atoms with Crippen LogP contribution in [0.25, 0.3) is 0 Å². The van der Waals surface area contributed by atoms with E-state index in [0.717, 1.165) is 0 Å². The van der Waals surface area contributed by atoms with Gasteiger partial charge in [-0.25, -0.2) is 0 Å². The molecule has 54 valence electrons. The monoisotopic (exact) mass is 152 g/mol. The van der Waals surface area contributed by atoms with Crippen LogP contribution < -0.4 is 4.62 Å². The predicted molar refractivity (Wildman–Crippen MR) is 45.1 cm³/mol. The Labute approximate surface area is 66.4 Å². The molecule has 0 aliphatic heterocycles. The van der Waals surface area contributed by atoms with E-state index < -0.39 is 14.1 Å². The second kappa shape index (κ2) is 3.85. The Morgan fingerprint density at radius 1 is 1.40 bits per heavy atom. The van der Waals surface area contributed by atoms with Crippen molar-refractivity contribution in [1.82, 2.24) is 0 Å². The molecule has 0 unspecified atom stereocenters. The van der Waals surface area contributed by atoms with E-state index in [1.807, 2.05) is 6.07 Å². The van der Waals surface area contributed by atoms with Gasteiger partial charge in [0, 0.05) is 4.62 Å². The van der Waals surface area contributed by atoms with Crippen molar-refractivity contribution in [2.24, 2.45) is 0 Å². The first kappa shape index (κ1) is 7.91. The highest BCUT2D eigenvalue weighted by Crippen LogP contribution is 1.99. The van der Waals surface area contributed by atoms with E-state index in [0.29, 0.717) is 0 Å². The van der Waals surface area contributed by atoms with Crippen molar-refractivity contribution < 1.29 is 4.42 Å². The van der Waals surface area contributed by atoms with Crippen molar-refractivity contribution in [1.29, 1.82) is 0 Å². The maximum absolute atomic E-state index is 5.34. The molecule has 0 atom stereocenters. The molecule has 0 bridgehead atoms. The number of hydrogen-bond donors (Lipinski definition) is 0. The first-order valence-electron chi connectivity index (χ1n) is 3.91. The molecule has 0 fully saturated rings. The van der Waals surface area contributed by atoms with Gasteiger partial charge in [0.1, 0.15) is 0 Å². The van der Waals surface area contributed by atoms with E-state index in [9.17, 15) is 0 Å². The molecule has 0 radical (unpaired) electrons. The zero-order chi connectivity index (χ0) is 7.40. The summed E-state index contributed by atoms with van der Waals surface area (Å²) in [5, 5.41) is 2.62. The van der Waals surface area contributed by atoms with Crippen LogP contribution in [0.1, 0.15) is 13.8 Å². The van der Waals surface area contributed by atoms with Crippen LogP contribution in [-0.4, -0.2) is 14.1 Å². The summed E-state index contributed by atoms with van der Waals surface area (Å²) < 4.78 is 6.61. The average molecular weight is 152 g/mol. The highest BCUT2D eigenvalue weighted by molar-refractivity contribution is 6.71. The van der Waals surface area contributed by atoms with Gasteiger partial charge in [-0.2, -0.15) is 0 Å². The van der Waals surface area contributed by atoms with Crippen LogP contribution in [0.15, 0.2) is 22.8 Å². The summed E-state index contributed by atoms with van der Waals surface area (Å²) in [7, 11) is 0. The van der Waals surface area contributed by atoms with Gasteiger partial charge in [-0.1, -0.05) is 24.4 Å². The lowest BCUT2D eigenvalue weighted by atomic mass is 10.7. The lowest BCUT2D eigenvalue weighted by Crippen LogP contribution is -2.26. The summed E-state index contributed by atoms with van der Waals surface area (Å²) in [5.41, 5.74) is 0. The molecule has 0 spiro atoms. The van der Waals surface area contributed by atoms with E-state index >= 15 is 0 Å². The zero-order valence-electron chi connectivity index (χ0n) is 6.63. The SMILES string of the molecule is C[CH2][Al]([CH2]C)[c]1ccco1. The number of rotatable bonds is 3. The van der Waals surface area contributed by atoms with Gasteiger partial charge < -0.3 is 4.42 Å². The van der Waals surface area contributed by atoms with Crippen LogP contribution >= 0.6 is 0 Å². The third-order valence-electron chi connectivity index (χ3n) is 1.93. The van der Waals surface area contributed by atoms with Crippen LogP contribution in [0.2, 0.25) is 10.6 Å². The molecule has 1 heterocycles. The molecule has 0 N–H and O–H groups in total. The van der Waals surface area contributed by atoms with Crippen LogP contribution in [0.5, 0.6) is 0 Å². The standard InChI is InChI=1S/C4H3O.2C2H5.Al/c1-2-4-5-3-1;2*1-2;/h1-3H;2*1H2,2H3;. The zero-order valence-corrected chi connectivity index (χ0v) is 7.79. The minimum Gasteiger partial charge on any atom is -0.488 e. The number of furan rings is 1. The third kappa shape index (κ3) is 1.65. The van der Waals surface area contributed by atoms with Crippen molar-refractivity contribution in [2.45, 2.75) is 24.4 Å². The molecule has 0 aliphatic carbocycles. The van der Waals surface area contributed by atoms with Gasteiger partial charge in [0.15, 0.2) is 0 Å². The average Bonchev–Trinajstić information content (AvgIpc) is 2.43. The van der Waals surface area contributed by atoms with Gasteiger partial charge in [0.2, 0.25) is 0 Å². The Morgan fingerprint density at radius 2 is 2.10 bits per heavy atom. The summed E-state index contributed by atoms with van der Waals surface area (Å²) in [6, 6.07) is 4.10. The van der Waals surface area contributed by atoms with Gasteiger partial charge in [-0.15, -0.1) is 0 Å². The van der Waals surface area contributed by atoms with Crippen LogP contribution in [0, 0.1) is 0 Å². The van der Waals surface area contributed by atoms with Crippen molar-refractivity contribution >= 4 is 18.8 Å². The molecule has 0 aliphatic rings. The van der Waals surface area contributed by atoms with Crippen molar-refractivity contribution in [3.63, 3.8) is 0 Å². The Hall–Kier alpha value is -0.188. The maximum Gasteiger partial charge on any atom is 0.364 e. The van der Waals surface area contributed by atoms with Gasteiger partial charge in [0.05, 0.1) is 6.26 Å². The van der Waals surface area contributed by atoms with Crippen LogP contribution in [0.3, 0.4) is 0 Å². The minimum atomic E-state index is -0.668. The molecule has 1 nitrogen and oxygen atoms in total. The smallest absolute Gasteiger partial charge is 0.364 e. The predicted octanol–water partition coefficient (Wildman–Crippen LogP) is 2.02. The molecule has 0 saturated heterocycles. The largest absolute Gasteiger partial charge is 0.488 e. The molecule has 10 heavy (non-hydrogen) atoms. The Balaban J connectivity index is 2.64. The number of hydrogen-bond acceptors (Lipinski definition) is 1. The summed E-state index contributed by atoms with van der Waals surface area (Å²) >= 11 is -0.668. The summed E-state index contributed by atoms with van der Waals surface area (Å²) in [6.07, 6.45) is 1.78. The van der Waals surface area contributed by atoms with Gasteiger partial charge in [-0.3, -0.25) is 0 Å². The van der Waals surface area contributed by atoms with E-state index in [-0.39, 0.29) is 0 Å². The molecule has 1 aromatic rings. The Kier molecular flexibility index (Phi) is 3.05. The molecule has 0 saturated carbocycles. The van der Waals surface area contributed by atoms with Crippen molar-refractivity contribution in [3.05, 3.63) is 18.4 Å². The first-order valence-corrected chi connectivity index (χ1v) is 6.12. The third-order valence-corrected chi connectivity index (χ3v) is 5.04. The molecule has 1 aromatic heterocycles. The molecule has 0 amide bonds. The van der Waals surface area contributed by atoms with Crippen molar-refractivity contribution in [2.75, 3.05) is 0 Å². The van der Waals surface area contributed by atoms with E-state index in [1.165, 1.54) is 15.2 Å². The fourth-order valence-electron chi connectivity index (χ4n) is 1.21. The highest BCUT2D eigenvalue weighted by atomic mass is 27.2. The summed E-state index contributed by atoms with van der Waals surface area (Å²) in [5.74, 6) is 0. The summed E-state index contributed by atoms with van der Waals surface area (Å²) in [4.78, 5) is 0. The van der Waals surface area contributed by atoms with Crippen molar-refractivity contribution in [3.8, 4) is 0 Å². The normalized spacial score (nSPS) is 9.80. The second-order valence-electron chi connectivity index (χ2n) is 2.53. The van der Waals surface area contributed by atoms with E-state index in [2.05, 4.69) is 19.9 Å². The Morgan fingerprint density at radius 3 is 2.50 bits per heavy atom. The minimum absolute atomic E-state index is 0.668. The molecule has 1 rings (SSSR count). The molecule has 2 heteroatoms. The Bertz CT molecular complexity index is 165. The van der Waals surface area contributed by atoms with Crippen LogP contribution in [-0.2, 0) is 0 Å². The van der Waals surface area contributed by atoms with Gasteiger partial charge in [0.25, 0.3) is 0 Å². The fourth-order valence-corrected chi connectivity index (χ4v) is 3.25. The van der Waals surface area contributed by atoms with Gasteiger partial charge in [-0.05, 0) is 12.1 Å². The van der Waals surface area contributed by atoms with E-state index in [1.54, 1.807) is 6.26 Å². The maximum atomic E-state index is 5.34. The molecular formula is C8H13AlO. The van der Waals surface area contributed by atoms with Gasteiger partial charge >= 0.3 is 14.1 Å². The lowest BCUT2D eigenvalue weighted by Gasteiger charge is -1.99. The second-order valence-corrected chi connectivity index (χ2v) is 6.12.